The van der Waals surface area contributed by atoms with Crippen molar-refractivity contribution in [1.82, 2.24) is 5.06 Å². The Morgan fingerprint density at radius 1 is 1.24 bits per heavy atom. The molecule has 0 amide bonds. The molecule has 3 rings (SSSR count). The molecule has 1 fully saturated rings. The fourth-order valence-electron chi connectivity index (χ4n) is 3.48. The number of anilines is 1. The number of nitrogens with zero attached hydrogens (tertiary/aromatic N) is 2. The molecule has 0 saturated carbocycles. The first-order valence-electron chi connectivity index (χ1n) is 9.19. The van der Waals surface area contributed by atoms with Crippen LogP contribution in [0.4, 0.5) is 18.9 Å². The predicted octanol–water partition coefficient (Wildman–Crippen LogP) is 4.62. The van der Waals surface area contributed by atoms with E-state index in [2.05, 4.69) is 12.6 Å². The van der Waals surface area contributed by atoms with Crippen molar-refractivity contribution in [1.29, 1.82) is 0 Å². The van der Waals surface area contributed by atoms with Gasteiger partial charge in [-0.25, -0.2) is 0 Å². The van der Waals surface area contributed by atoms with Gasteiger partial charge in [0.05, 0.1) is 6.61 Å². The van der Waals surface area contributed by atoms with Crippen LogP contribution >= 0.6 is 12.6 Å². The zero-order valence-electron chi connectivity index (χ0n) is 15.9. The highest BCUT2D eigenvalue weighted by Crippen LogP contribution is 2.32. The highest BCUT2D eigenvalue weighted by Gasteiger charge is 2.38. The van der Waals surface area contributed by atoms with Crippen molar-refractivity contribution >= 4 is 18.3 Å². The summed E-state index contributed by atoms with van der Waals surface area (Å²) in [4.78, 5) is 7.53. The number of hydrogen-bond acceptors (Lipinski definition) is 5. The van der Waals surface area contributed by atoms with Crippen molar-refractivity contribution in [3.05, 3.63) is 65.2 Å². The third-order valence-electron chi connectivity index (χ3n) is 4.90. The Bertz CT molecular complexity index is 859. The summed E-state index contributed by atoms with van der Waals surface area (Å²) in [6.45, 7) is 0.931. The van der Waals surface area contributed by atoms with Crippen LogP contribution in [0.2, 0.25) is 0 Å². The van der Waals surface area contributed by atoms with E-state index >= 15 is 0 Å². The summed E-state index contributed by atoms with van der Waals surface area (Å²) >= 11 is 3.64. The van der Waals surface area contributed by atoms with Crippen molar-refractivity contribution in [2.45, 2.75) is 25.3 Å². The molecule has 4 nitrogen and oxygen atoms in total. The zero-order chi connectivity index (χ0) is 21.0. The smallest absolute Gasteiger partial charge is 0.392 e. The van der Waals surface area contributed by atoms with Crippen LogP contribution in [0.25, 0.3) is 11.1 Å². The number of aliphatic hydroxyl groups is 1. The number of alkyl halides is 3. The summed E-state index contributed by atoms with van der Waals surface area (Å²) < 4.78 is 39.0. The van der Waals surface area contributed by atoms with Crippen molar-refractivity contribution in [3.8, 4) is 11.1 Å². The first kappa shape index (κ1) is 21.5. The first-order valence-corrected chi connectivity index (χ1v) is 9.71. The number of hydroxylamine groups is 2. The molecule has 0 bridgehead atoms. The number of aliphatic hydroxyl groups excluding tert-OH is 1. The third kappa shape index (κ3) is 5.07. The molecule has 156 valence electrons. The summed E-state index contributed by atoms with van der Waals surface area (Å²) in [6.07, 6.45) is -4.36. The number of benzene rings is 2. The molecule has 0 unspecified atom stereocenters. The summed E-state index contributed by atoms with van der Waals surface area (Å²) in [7, 11) is 1.23. The monoisotopic (exact) mass is 424 g/mol. The lowest BCUT2D eigenvalue weighted by Crippen LogP contribution is -2.34. The van der Waals surface area contributed by atoms with E-state index in [0.717, 1.165) is 27.4 Å². The molecule has 1 aliphatic rings. The Morgan fingerprint density at radius 3 is 2.59 bits per heavy atom. The quantitative estimate of drug-likeness (QED) is 0.524. The Balaban J connectivity index is 1.71. The average Bonchev–Trinajstić information content (AvgIpc) is 3.15. The van der Waals surface area contributed by atoms with Crippen LogP contribution in [0.15, 0.2) is 59.6 Å². The lowest BCUT2D eigenvalue weighted by atomic mass is 10.0. The van der Waals surface area contributed by atoms with Gasteiger partial charge in [-0.15, -0.1) is 12.6 Å². The zero-order valence-corrected chi connectivity index (χ0v) is 16.8. The second-order valence-electron chi connectivity index (χ2n) is 6.84. The third-order valence-corrected chi connectivity index (χ3v) is 5.15. The lowest BCUT2D eigenvalue weighted by molar-refractivity contribution is -0.202. The molecular formula is C21H23F3N2O2S. The van der Waals surface area contributed by atoms with Gasteiger partial charge in [0, 0.05) is 31.4 Å². The maximum absolute atomic E-state index is 13.0. The normalized spacial score (nSPS) is 17.7. The van der Waals surface area contributed by atoms with Gasteiger partial charge in [-0.1, -0.05) is 36.4 Å². The SMILES string of the molecule is CN(O[C@H]1CCN(c2ccc(-c3ccccc3)cc2CO)C1)/C(=C\S)C(F)(F)F. The van der Waals surface area contributed by atoms with Gasteiger partial charge in [0.15, 0.2) is 5.70 Å². The highest BCUT2D eigenvalue weighted by atomic mass is 32.1. The van der Waals surface area contributed by atoms with Gasteiger partial charge < -0.3 is 10.0 Å². The van der Waals surface area contributed by atoms with Crippen molar-refractivity contribution in [2.24, 2.45) is 0 Å². The van der Waals surface area contributed by atoms with E-state index in [9.17, 15) is 18.3 Å². The van der Waals surface area contributed by atoms with Gasteiger partial charge >= 0.3 is 6.18 Å². The van der Waals surface area contributed by atoms with Crippen LogP contribution in [0.1, 0.15) is 12.0 Å². The van der Waals surface area contributed by atoms with Gasteiger partial charge in [-0.05, 0) is 35.1 Å². The molecule has 1 aliphatic heterocycles. The maximum Gasteiger partial charge on any atom is 0.433 e. The molecule has 0 aliphatic carbocycles. The number of rotatable bonds is 6. The van der Waals surface area contributed by atoms with Crippen LogP contribution in [-0.4, -0.2) is 42.6 Å². The minimum absolute atomic E-state index is 0.126. The number of halogens is 3. The van der Waals surface area contributed by atoms with Gasteiger partial charge in [-0.3, -0.25) is 9.90 Å². The molecule has 1 atom stereocenters. The number of hydrogen-bond donors (Lipinski definition) is 2. The van der Waals surface area contributed by atoms with E-state index in [1.54, 1.807) is 0 Å². The molecule has 0 radical (unpaired) electrons. The lowest BCUT2D eigenvalue weighted by Gasteiger charge is -2.27. The molecule has 8 heteroatoms. The molecule has 1 heterocycles. The predicted molar refractivity (Wildman–Crippen MR) is 110 cm³/mol. The molecule has 1 saturated heterocycles. The van der Waals surface area contributed by atoms with E-state index in [0.29, 0.717) is 24.9 Å². The van der Waals surface area contributed by atoms with Crippen LogP contribution in [0.3, 0.4) is 0 Å². The Labute approximate surface area is 173 Å². The van der Waals surface area contributed by atoms with Crippen molar-refractivity contribution < 1.29 is 23.1 Å². The highest BCUT2D eigenvalue weighted by molar-refractivity contribution is 7.83. The second kappa shape index (κ2) is 9.11. The standard InChI is InChI=1S/C21H23F3N2O2S/c1-25(20(14-29)21(22,23)24)28-18-9-10-26(12-18)19-8-7-16(11-17(19)13-27)15-5-3-2-4-6-15/h2-8,11,14,18,27,29H,9-10,12-13H2,1H3/b20-14-/t18-/m0/s1. The molecule has 2 aromatic rings. The van der Waals surface area contributed by atoms with E-state index in [1.807, 2.05) is 53.4 Å². The average molecular weight is 424 g/mol. The molecule has 29 heavy (non-hydrogen) atoms. The molecule has 1 N–H and O–H groups in total. The van der Waals surface area contributed by atoms with E-state index in [1.165, 1.54) is 7.05 Å². The molecule has 0 aromatic heterocycles. The Morgan fingerprint density at radius 2 is 1.97 bits per heavy atom. The van der Waals surface area contributed by atoms with E-state index < -0.39 is 18.0 Å². The van der Waals surface area contributed by atoms with Crippen LogP contribution in [0, 0.1) is 0 Å². The van der Waals surface area contributed by atoms with Gasteiger partial charge in [0.2, 0.25) is 0 Å². The van der Waals surface area contributed by atoms with E-state index in [-0.39, 0.29) is 6.61 Å². The molecular weight excluding hydrogens is 401 g/mol. The fourth-order valence-corrected chi connectivity index (χ4v) is 3.79. The first-order chi connectivity index (χ1) is 13.8. The summed E-state index contributed by atoms with van der Waals surface area (Å²) in [5.41, 5.74) is 2.73. The topological polar surface area (TPSA) is 35.9 Å². The van der Waals surface area contributed by atoms with Crippen molar-refractivity contribution in [2.75, 3.05) is 25.0 Å². The Hall–Kier alpha value is -2.16. The maximum atomic E-state index is 13.0. The van der Waals surface area contributed by atoms with Gasteiger partial charge in [0.1, 0.15) is 6.10 Å². The molecule has 0 spiro atoms. The molecule has 2 aromatic carbocycles. The van der Waals surface area contributed by atoms with E-state index in [4.69, 9.17) is 4.84 Å². The minimum atomic E-state index is -4.54. The summed E-state index contributed by atoms with van der Waals surface area (Å²) in [6, 6.07) is 15.7. The van der Waals surface area contributed by atoms with Gasteiger partial charge in [-0.2, -0.15) is 13.2 Å². The second-order valence-corrected chi connectivity index (χ2v) is 7.10. The Kier molecular flexibility index (Phi) is 6.77. The van der Waals surface area contributed by atoms with Crippen LogP contribution in [-0.2, 0) is 11.4 Å². The van der Waals surface area contributed by atoms with Gasteiger partial charge in [0.25, 0.3) is 0 Å². The van der Waals surface area contributed by atoms with Crippen molar-refractivity contribution in [3.63, 3.8) is 0 Å². The summed E-state index contributed by atoms with van der Waals surface area (Å²) in [5, 5.41) is 11.3. The minimum Gasteiger partial charge on any atom is -0.392 e. The largest absolute Gasteiger partial charge is 0.433 e. The van der Waals surface area contributed by atoms with Crippen LogP contribution in [0.5, 0.6) is 0 Å². The summed E-state index contributed by atoms with van der Waals surface area (Å²) in [5.74, 6) is 0. The number of thiol groups is 1. The number of allylic oxidation sites excluding steroid dienone is 1. The fraction of sp³-hybridized carbons (Fsp3) is 0.333. The van der Waals surface area contributed by atoms with Crippen LogP contribution < -0.4 is 4.90 Å².